The first-order valence-electron chi connectivity index (χ1n) is 11.8. The van der Waals surface area contributed by atoms with Crippen molar-refractivity contribution in [1.29, 1.82) is 0 Å². The quantitative estimate of drug-likeness (QED) is 0.354. The molecule has 7 heteroatoms. The lowest BCUT2D eigenvalue weighted by Gasteiger charge is -2.28. The van der Waals surface area contributed by atoms with Crippen molar-refractivity contribution in [2.24, 2.45) is 5.92 Å². The van der Waals surface area contributed by atoms with E-state index in [2.05, 4.69) is 30.5 Å². The van der Waals surface area contributed by atoms with Crippen LogP contribution in [-0.4, -0.2) is 59.5 Å². The van der Waals surface area contributed by atoms with Crippen LogP contribution in [0.15, 0.2) is 66.2 Å². The predicted molar refractivity (Wildman–Crippen MR) is 137 cm³/mol. The highest BCUT2D eigenvalue weighted by Crippen LogP contribution is 2.15. The molecule has 0 radical (unpaired) electrons. The number of hydrogen-bond acceptors (Lipinski definition) is 4. The smallest absolute Gasteiger partial charge is 0.264 e. The van der Waals surface area contributed by atoms with Gasteiger partial charge < -0.3 is 19.1 Å². The van der Waals surface area contributed by atoms with Crippen LogP contribution in [0.4, 0.5) is 0 Å². The van der Waals surface area contributed by atoms with E-state index in [9.17, 15) is 9.59 Å². The van der Waals surface area contributed by atoms with Gasteiger partial charge in [0.15, 0.2) is 0 Å². The van der Waals surface area contributed by atoms with E-state index in [0.717, 1.165) is 18.7 Å². The van der Waals surface area contributed by atoms with Crippen molar-refractivity contribution in [3.63, 3.8) is 0 Å². The molecule has 0 atom stereocenters. The van der Waals surface area contributed by atoms with Gasteiger partial charge in [-0.25, -0.2) is 0 Å². The summed E-state index contributed by atoms with van der Waals surface area (Å²) in [6.45, 7) is 6.99. The zero-order valence-electron chi connectivity index (χ0n) is 20.4. The van der Waals surface area contributed by atoms with E-state index in [1.54, 1.807) is 16.9 Å². The summed E-state index contributed by atoms with van der Waals surface area (Å²) >= 11 is 1.41. The molecule has 3 rings (SSSR count). The van der Waals surface area contributed by atoms with Crippen molar-refractivity contribution in [3.8, 4) is 0 Å². The first kappa shape index (κ1) is 25.7. The van der Waals surface area contributed by atoms with Crippen molar-refractivity contribution in [2.75, 3.05) is 33.4 Å². The maximum atomic E-state index is 13.4. The number of benzene rings is 1. The Kier molecular flexibility index (Phi) is 9.91. The van der Waals surface area contributed by atoms with E-state index in [4.69, 9.17) is 4.74 Å². The highest BCUT2D eigenvalue weighted by Gasteiger charge is 2.23. The average Bonchev–Trinajstić information content (AvgIpc) is 3.52. The van der Waals surface area contributed by atoms with Crippen molar-refractivity contribution >= 4 is 23.2 Å². The number of amides is 2. The van der Waals surface area contributed by atoms with Crippen LogP contribution in [0, 0.1) is 5.92 Å². The Morgan fingerprint density at radius 2 is 1.79 bits per heavy atom. The van der Waals surface area contributed by atoms with Gasteiger partial charge >= 0.3 is 0 Å². The highest BCUT2D eigenvalue weighted by molar-refractivity contribution is 7.12. The number of thiophene rings is 1. The minimum atomic E-state index is -0.0804. The summed E-state index contributed by atoms with van der Waals surface area (Å²) in [5.74, 6) is 0.293. The molecule has 2 aromatic heterocycles. The fraction of sp³-hybridized carbons (Fsp3) is 0.407. The molecule has 0 aliphatic heterocycles. The van der Waals surface area contributed by atoms with Crippen LogP contribution in [0.5, 0.6) is 0 Å². The lowest BCUT2D eigenvalue weighted by molar-refractivity contribution is -0.133. The van der Waals surface area contributed by atoms with E-state index in [0.29, 0.717) is 37.0 Å². The summed E-state index contributed by atoms with van der Waals surface area (Å²) in [5.41, 5.74) is 2.25. The van der Waals surface area contributed by atoms with Gasteiger partial charge in [-0.15, -0.1) is 11.3 Å². The minimum absolute atomic E-state index is 0.0621. The Balaban J connectivity index is 1.74. The summed E-state index contributed by atoms with van der Waals surface area (Å²) in [5, 5.41) is 1.89. The number of methoxy groups -OCH3 is 1. The Labute approximate surface area is 206 Å². The molecule has 0 saturated carbocycles. The summed E-state index contributed by atoms with van der Waals surface area (Å²) in [6, 6.07) is 18.0. The average molecular weight is 482 g/mol. The van der Waals surface area contributed by atoms with Gasteiger partial charge in [0, 0.05) is 38.6 Å². The van der Waals surface area contributed by atoms with Crippen LogP contribution >= 0.6 is 11.3 Å². The molecule has 2 heterocycles. The van der Waals surface area contributed by atoms with Crippen molar-refractivity contribution in [1.82, 2.24) is 14.4 Å². The van der Waals surface area contributed by atoms with Gasteiger partial charge in [-0.2, -0.15) is 0 Å². The zero-order valence-corrected chi connectivity index (χ0v) is 21.2. The van der Waals surface area contributed by atoms with Crippen LogP contribution < -0.4 is 0 Å². The van der Waals surface area contributed by atoms with Gasteiger partial charge in [-0.1, -0.05) is 50.2 Å². The third kappa shape index (κ3) is 7.57. The maximum absolute atomic E-state index is 13.4. The molecule has 6 nitrogen and oxygen atoms in total. The number of hydrogen-bond donors (Lipinski definition) is 0. The fourth-order valence-corrected chi connectivity index (χ4v) is 4.39. The number of rotatable bonds is 13. The van der Waals surface area contributed by atoms with Crippen molar-refractivity contribution in [2.45, 2.75) is 33.4 Å². The van der Waals surface area contributed by atoms with E-state index in [1.807, 2.05) is 54.0 Å². The predicted octanol–water partition coefficient (Wildman–Crippen LogP) is 4.76. The molecule has 0 fully saturated rings. The van der Waals surface area contributed by atoms with Gasteiger partial charge in [0.05, 0.1) is 18.0 Å². The molecule has 0 saturated heterocycles. The normalized spacial score (nSPS) is 11.1. The number of carbonyl (C=O) groups excluding carboxylic acids is 2. The molecule has 0 unspecified atom stereocenters. The summed E-state index contributed by atoms with van der Waals surface area (Å²) in [6.07, 6.45) is 2.89. The van der Waals surface area contributed by atoms with E-state index in [-0.39, 0.29) is 18.4 Å². The number of carbonyl (C=O) groups is 2. The van der Waals surface area contributed by atoms with E-state index >= 15 is 0 Å². The van der Waals surface area contributed by atoms with Gasteiger partial charge in [0.2, 0.25) is 5.91 Å². The monoisotopic (exact) mass is 481 g/mol. The number of aromatic nitrogens is 1. The summed E-state index contributed by atoms with van der Waals surface area (Å²) in [4.78, 5) is 30.7. The van der Waals surface area contributed by atoms with E-state index in [1.165, 1.54) is 16.9 Å². The molecule has 3 aromatic rings. The first-order valence-corrected chi connectivity index (χ1v) is 12.6. The van der Waals surface area contributed by atoms with Crippen LogP contribution in [0.1, 0.15) is 41.2 Å². The van der Waals surface area contributed by atoms with Crippen LogP contribution in [0.3, 0.4) is 0 Å². The molecule has 1 aromatic carbocycles. The van der Waals surface area contributed by atoms with Crippen LogP contribution in [0.2, 0.25) is 0 Å². The molecule has 182 valence electrons. The lowest BCUT2D eigenvalue weighted by atomic mass is 10.1. The Bertz CT molecular complexity index is 1010. The third-order valence-electron chi connectivity index (χ3n) is 5.71. The Morgan fingerprint density at radius 1 is 1.00 bits per heavy atom. The van der Waals surface area contributed by atoms with Gasteiger partial charge in [0.25, 0.3) is 5.91 Å². The molecule has 0 aliphatic carbocycles. The Hall–Kier alpha value is -2.90. The number of ether oxygens (including phenoxy) is 1. The molecule has 0 aliphatic rings. The van der Waals surface area contributed by atoms with Crippen molar-refractivity contribution in [3.05, 3.63) is 82.3 Å². The zero-order chi connectivity index (χ0) is 24.3. The van der Waals surface area contributed by atoms with Gasteiger partial charge in [-0.05, 0) is 41.5 Å². The molecule has 0 spiro atoms. The first-order chi connectivity index (χ1) is 16.5. The van der Waals surface area contributed by atoms with E-state index < -0.39 is 0 Å². The second-order valence-corrected chi connectivity index (χ2v) is 9.76. The molecule has 0 bridgehead atoms. The second-order valence-electron chi connectivity index (χ2n) is 8.81. The molecular formula is C27H35N3O3S. The third-order valence-corrected chi connectivity index (χ3v) is 6.57. The lowest BCUT2D eigenvalue weighted by Crippen LogP contribution is -2.44. The minimum Gasteiger partial charge on any atom is -0.383 e. The molecular weight excluding hydrogens is 446 g/mol. The maximum Gasteiger partial charge on any atom is 0.264 e. The van der Waals surface area contributed by atoms with Gasteiger partial charge in [0.1, 0.15) is 6.54 Å². The Morgan fingerprint density at radius 3 is 2.47 bits per heavy atom. The highest BCUT2D eigenvalue weighted by atomic mass is 32.1. The molecule has 34 heavy (non-hydrogen) atoms. The summed E-state index contributed by atoms with van der Waals surface area (Å²) < 4.78 is 7.44. The van der Waals surface area contributed by atoms with Crippen LogP contribution in [0.25, 0.3) is 0 Å². The number of nitrogens with zero attached hydrogens (tertiary/aromatic N) is 3. The topological polar surface area (TPSA) is 54.8 Å². The second kappa shape index (κ2) is 13.1. The molecule has 0 N–H and O–H groups in total. The SMILES string of the molecule is COCCN(Cc1cccn1Cc1ccccc1)C(=O)CN(CCC(C)C)C(=O)c1cccs1. The largest absolute Gasteiger partial charge is 0.383 e. The fourth-order valence-electron chi connectivity index (χ4n) is 3.70. The van der Waals surface area contributed by atoms with Crippen molar-refractivity contribution < 1.29 is 14.3 Å². The standard InChI is InChI=1S/C27H35N3O3S/c1-22(2)13-15-30(27(32)25-12-8-18-34-25)21-26(31)29(16-17-33-3)20-24-11-7-14-28(24)19-23-9-5-4-6-10-23/h4-12,14,18,22H,13,15-17,19-21H2,1-3H3. The van der Waals surface area contributed by atoms with Gasteiger partial charge in [-0.3, -0.25) is 9.59 Å². The van der Waals surface area contributed by atoms with Crippen LogP contribution in [-0.2, 0) is 22.6 Å². The summed E-state index contributed by atoms with van der Waals surface area (Å²) in [7, 11) is 1.63. The molecule has 2 amide bonds.